The minimum Gasteiger partial charge on any atom is -0.444 e. The Hall–Kier alpha value is -4.37. The van der Waals surface area contributed by atoms with E-state index in [9.17, 15) is 19.2 Å². The summed E-state index contributed by atoms with van der Waals surface area (Å²) in [6.45, 7) is 5.64. The van der Waals surface area contributed by atoms with Crippen LogP contribution >= 0.6 is 11.6 Å². The summed E-state index contributed by atoms with van der Waals surface area (Å²) >= 11 is 6.40. The lowest BCUT2D eigenvalue weighted by Crippen LogP contribution is -2.32. The highest BCUT2D eigenvalue weighted by atomic mass is 35.5. The minimum absolute atomic E-state index is 0.149. The first-order chi connectivity index (χ1) is 19.0. The molecule has 4 amide bonds. The van der Waals surface area contributed by atoms with Crippen molar-refractivity contribution in [1.29, 1.82) is 0 Å². The average molecular weight is 563 g/mol. The molecule has 0 saturated carbocycles. The number of alkyl carbamates (subject to hydrolysis) is 1. The van der Waals surface area contributed by atoms with E-state index in [1.165, 1.54) is 6.07 Å². The zero-order chi connectivity index (χ0) is 28.9. The number of nitrogens with one attached hydrogen (secondary N) is 3. The first-order valence-electron chi connectivity index (χ1n) is 12.8. The topological polar surface area (TPSA) is 117 Å². The highest BCUT2D eigenvalue weighted by molar-refractivity contribution is 6.36. The molecule has 1 unspecified atom stereocenters. The molecular weight excluding hydrogens is 532 g/mol. The molecular formula is C30H31ClN4O5. The Morgan fingerprint density at radius 1 is 0.925 bits per heavy atom. The SMILES string of the molecule is CC(C)(C)OC(=O)NCc1cccc(NC(C(=O)Nc2ccc(N3C(=O)CCC3=O)c(Cl)c2)c2ccccc2)c1. The zero-order valence-electron chi connectivity index (χ0n) is 22.5. The van der Waals surface area contributed by atoms with Gasteiger partial charge in [0.15, 0.2) is 0 Å². The largest absolute Gasteiger partial charge is 0.444 e. The van der Waals surface area contributed by atoms with E-state index in [-0.39, 0.29) is 42.1 Å². The maximum absolute atomic E-state index is 13.5. The lowest BCUT2D eigenvalue weighted by molar-refractivity contribution is -0.121. The van der Waals surface area contributed by atoms with Crippen LogP contribution in [0.2, 0.25) is 5.02 Å². The fourth-order valence-corrected chi connectivity index (χ4v) is 4.46. The molecule has 1 aliphatic heterocycles. The van der Waals surface area contributed by atoms with E-state index in [2.05, 4.69) is 16.0 Å². The van der Waals surface area contributed by atoms with Crippen LogP contribution < -0.4 is 20.9 Å². The number of carbonyl (C=O) groups is 4. The van der Waals surface area contributed by atoms with E-state index >= 15 is 0 Å². The Morgan fingerprint density at radius 2 is 1.62 bits per heavy atom. The number of anilines is 3. The van der Waals surface area contributed by atoms with Crippen LogP contribution in [0, 0.1) is 0 Å². The summed E-state index contributed by atoms with van der Waals surface area (Å²) < 4.78 is 5.29. The van der Waals surface area contributed by atoms with Gasteiger partial charge in [0.2, 0.25) is 11.8 Å². The Kier molecular flexibility index (Phi) is 8.74. The Labute approximate surface area is 237 Å². The van der Waals surface area contributed by atoms with E-state index in [1.807, 2.05) is 54.6 Å². The zero-order valence-corrected chi connectivity index (χ0v) is 23.2. The summed E-state index contributed by atoms with van der Waals surface area (Å²) in [6, 6.07) is 20.5. The van der Waals surface area contributed by atoms with Crippen molar-refractivity contribution in [1.82, 2.24) is 5.32 Å². The van der Waals surface area contributed by atoms with Crippen LogP contribution in [-0.2, 0) is 25.7 Å². The number of rotatable bonds is 8. The summed E-state index contributed by atoms with van der Waals surface area (Å²) in [7, 11) is 0. The molecule has 0 aliphatic carbocycles. The molecule has 3 N–H and O–H groups in total. The first kappa shape index (κ1) is 28.6. The van der Waals surface area contributed by atoms with E-state index in [0.29, 0.717) is 17.1 Å². The number of halogens is 1. The molecule has 10 heteroatoms. The van der Waals surface area contributed by atoms with Crippen LogP contribution in [0.3, 0.4) is 0 Å². The molecule has 1 saturated heterocycles. The van der Waals surface area contributed by atoms with Crippen LogP contribution in [0.1, 0.15) is 50.8 Å². The van der Waals surface area contributed by atoms with E-state index in [1.54, 1.807) is 32.9 Å². The second-order valence-electron chi connectivity index (χ2n) is 10.3. The molecule has 0 bridgehead atoms. The van der Waals surface area contributed by atoms with Gasteiger partial charge in [0.25, 0.3) is 5.91 Å². The van der Waals surface area contributed by atoms with Crippen LogP contribution in [0.4, 0.5) is 21.9 Å². The number of nitrogens with zero attached hydrogens (tertiary/aromatic N) is 1. The third kappa shape index (κ3) is 7.39. The number of amides is 4. The third-order valence-electron chi connectivity index (χ3n) is 5.98. The van der Waals surface area contributed by atoms with Crippen molar-refractivity contribution in [2.75, 3.05) is 15.5 Å². The van der Waals surface area contributed by atoms with Crippen molar-refractivity contribution in [2.24, 2.45) is 0 Å². The van der Waals surface area contributed by atoms with Gasteiger partial charge in [0, 0.05) is 30.8 Å². The molecule has 1 atom stereocenters. The fourth-order valence-electron chi connectivity index (χ4n) is 4.20. The van der Waals surface area contributed by atoms with Crippen molar-refractivity contribution < 1.29 is 23.9 Å². The highest BCUT2D eigenvalue weighted by Gasteiger charge is 2.32. The van der Waals surface area contributed by atoms with Gasteiger partial charge in [-0.05, 0) is 62.2 Å². The quantitative estimate of drug-likeness (QED) is 0.298. The van der Waals surface area contributed by atoms with Gasteiger partial charge in [-0.3, -0.25) is 14.4 Å². The first-order valence-corrected chi connectivity index (χ1v) is 13.2. The highest BCUT2D eigenvalue weighted by Crippen LogP contribution is 2.33. The molecule has 1 heterocycles. The lowest BCUT2D eigenvalue weighted by Gasteiger charge is -2.22. The summed E-state index contributed by atoms with van der Waals surface area (Å²) in [5, 5.41) is 9.06. The number of carbonyl (C=O) groups excluding carboxylic acids is 4. The molecule has 0 spiro atoms. The van der Waals surface area contributed by atoms with Crippen LogP contribution in [0.25, 0.3) is 0 Å². The van der Waals surface area contributed by atoms with Crippen molar-refractivity contribution >= 4 is 52.5 Å². The van der Waals surface area contributed by atoms with Gasteiger partial charge in [0.05, 0.1) is 10.7 Å². The lowest BCUT2D eigenvalue weighted by atomic mass is 10.0. The third-order valence-corrected chi connectivity index (χ3v) is 6.28. The molecule has 9 nitrogen and oxygen atoms in total. The maximum atomic E-state index is 13.5. The number of hydrogen-bond acceptors (Lipinski definition) is 6. The van der Waals surface area contributed by atoms with E-state index < -0.39 is 17.7 Å². The second-order valence-corrected chi connectivity index (χ2v) is 10.7. The summed E-state index contributed by atoms with van der Waals surface area (Å²) in [4.78, 5) is 50.9. The Balaban J connectivity index is 1.49. The van der Waals surface area contributed by atoms with Crippen molar-refractivity contribution in [3.8, 4) is 0 Å². The predicted molar refractivity (Wildman–Crippen MR) is 154 cm³/mol. The maximum Gasteiger partial charge on any atom is 0.407 e. The summed E-state index contributed by atoms with van der Waals surface area (Å²) in [5.41, 5.74) is 2.33. The number of hydrogen-bond donors (Lipinski definition) is 3. The standard InChI is InChI=1S/C30H31ClN4O5/c1-30(2,3)40-29(39)32-18-19-8-7-11-21(16-19)33-27(20-9-5-4-6-10-20)28(38)34-22-12-13-24(23(31)17-22)35-25(36)14-15-26(35)37/h4-13,16-17,27,33H,14-15,18H2,1-3H3,(H,32,39)(H,34,38). The van der Waals surface area contributed by atoms with Crippen molar-refractivity contribution in [2.45, 2.75) is 51.8 Å². The predicted octanol–water partition coefficient (Wildman–Crippen LogP) is 5.81. The minimum atomic E-state index is -0.768. The van der Waals surface area contributed by atoms with Crippen molar-refractivity contribution in [3.63, 3.8) is 0 Å². The van der Waals surface area contributed by atoms with E-state index in [0.717, 1.165) is 16.0 Å². The smallest absolute Gasteiger partial charge is 0.407 e. The van der Waals surface area contributed by atoms with E-state index in [4.69, 9.17) is 16.3 Å². The fraction of sp³-hybridized carbons (Fsp3) is 0.267. The van der Waals surface area contributed by atoms with Gasteiger partial charge in [0.1, 0.15) is 11.6 Å². The second kappa shape index (κ2) is 12.2. The van der Waals surface area contributed by atoms with Crippen LogP contribution in [-0.4, -0.2) is 29.4 Å². The molecule has 0 aromatic heterocycles. The van der Waals surface area contributed by atoms with Gasteiger partial charge in [-0.1, -0.05) is 54.1 Å². The van der Waals surface area contributed by atoms with Crippen LogP contribution in [0.5, 0.6) is 0 Å². The van der Waals surface area contributed by atoms with Gasteiger partial charge in [-0.15, -0.1) is 0 Å². The molecule has 3 aromatic rings. The van der Waals surface area contributed by atoms with Gasteiger partial charge < -0.3 is 20.7 Å². The Bertz CT molecular complexity index is 1410. The molecule has 3 aromatic carbocycles. The van der Waals surface area contributed by atoms with Crippen molar-refractivity contribution in [3.05, 3.63) is 88.9 Å². The van der Waals surface area contributed by atoms with Crippen LogP contribution in [0.15, 0.2) is 72.8 Å². The average Bonchev–Trinajstić information content (AvgIpc) is 3.23. The normalized spacial score (nSPS) is 14.1. The molecule has 1 fully saturated rings. The molecule has 40 heavy (non-hydrogen) atoms. The molecule has 208 valence electrons. The van der Waals surface area contributed by atoms with Gasteiger partial charge in [-0.2, -0.15) is 0 Å². The van der Waals surface area contributed by atoms with Gasteiger partial charge >= 0.3 is 6.09 Å². The molecule has 1 aliphatic rings. The number of imide groups is 1. The summed E-state index contributed by atoms with van der Waals surface area (Å²) in [5.74, 6) is -0.957. The monoisotopic (exact) mass is 562 g/mol. The van der Waals surface area contributed by atoms with Gasteiger partial charge in [-0.25, -0.2) is 9.69 Å². The number of ether oxygens (including phenoxy) is 1. The molecule has 4 rings (SSSR count). The molecule has 0 radical (unpaired) electrons. The Morgan fingerprint density at radius 3 is 2.27 bits per heavy atom. The summed E-state index contributed by atoms with van der Waals surface area (Å²) in [6.07, 6.45) is -0.220. The number of benzene rings is 3.